The highest BCUT2D eigenvalue weighted by atomic mass is 32.1. The zero-order valence-corrected chi connectivity index (χ0v) is 13.9. The quantitative estimate of drug-likeness (QED) is 0.552. The topological polar surface area (TPSA) is 64.4 Å². The highest BCUT2D eigenvalue weighted by Gasteiger charge is 2.06. The van der Waals surface area contributed by atoms with Crippen LogP contribution in [0.4, 0.5) is 0 Å². The summed E-state index contributed by atoms with van der Waals surface area (Å²) in [4.78, 5) is 0. The van der Waals surface area contributed by atoms with Crippen LogP contribution in [0.1, 0.15) is 11.1 Å². The highest BCUT2D eigenvalue weighted by molar-refractivity contribution is 7.71. The number of rotatable bonds is 6. The number of hydrogen-bond acceptors (Lipinski definition) is 5. The third-order valence-electron chi connectivity index (χ3n) is 3.29. The molecule has 24 heavy (non-hydrogen) atoms. The number of hydrogen-bond donors (Lipinski definition) is 1. The Balaban J connectivity index is 1.79. The maximum atomic E-state index is 5.88. The van der Waals surface area contributed by atoms with Gasteiger partial charge in [-0.3, -0.25) is 5.10 Å². The number of benzene rings is 2. The molecule has 6 nitrogen and oxygen atoms in total. The second kappa shape index (κ2) is 7.56. The van der Waals surface area contributed by atoms with Crippen LogP contribution in [-0.4, -0.2) is 28.2 Å². The van der Waals surface area contributed by atoms with Crippen molar-refractivity contribution in [1.29, 1.82) is 0 Å². The molecule has 3 rings (SSSR count). The van der Waals surface area contributed by atoms with Gasteiger partial charge in [-0.25, -0.2) is 0 Å². The number of nitrogens with zero attached hydrogens (tertiary/aromatic N) is 3. The Morgan fingerprint density at radius 2 is 2.04 bits per heavy atom. The molecule has 0 saturated carbocycles. The minimum atomic E-state index is 0.431. The van der Waals surface area contributed by atoms with Gasteiger partial charge in [-0.2, -0.15) is 14.9 Å². The number of aromatic amines is 1. The fourth-order valence-corrected chi connectivity index (χ4v) is 2.22. The predicted octanol–water partition coefficient (Wildman–Crippen LogP) is 3.41. The number of ether oxygens (including phenoxy) is 2. The molecule has 0 aliphatic heterocycles. The molecule has 0 saturated heterocycles. The van der Waals surface area contributed by atoms with Crippen molar-refractivity contribution in [1.82, 2.24) is 14.9 Å². The van der Waals surface area contributed by atoms with Crippen LogP contribution in [0.2, 0.25) is 0 Å². The van der Waals surface area contributed by atoms with E-state index < -0.39 is 0 Å². The molecule has 0 spiro atoms. The van der Waals surface area contributed by atoms with E-state index in [-0.39, 0.29) is 0 Å². The van der Waals surface area contributed by atoms with E-state index in [0.29, 0.717) is 22.9 Å². The molecule has 2 aromatic carbocycles. The van der Waals surface area contributed by atoms with Gasteiger partial charge in [0.1, 0.15) is 12.9 Å². The summed E-state index contributed by atoms with van der Waals surface area (Å²) in [5.41, 5.74) is 1.95. The fraction of sp³-hybridized carbons (Fsp3) is 0.118. The van der Waals surface area contributed by atoms with Crippen LogP contribution in [-0.2, 0) is 6.61 Å². The lowest BCUT2D eigenvalue weighted by molar-refractivity contribution is 0.284. The normalized spacial score (nSPS) is 10.9. The first-order valence-corrected chi connectivity index (χ1v) is 7.68. The average Bonchev–Trinajstić information content (AvgIpc) is 3.04. The fourth-order valence-electron chi connectivity index (χ4n) is 2.08. The molecular weight excluding hydrogens is 324 g/mol. The predicted molar refractivity (Wildman–Crippen MR) is 94.2 cm³/mol. The van der Waals surface area contributed by atoms with Crippen LogP contribution >= 0.6 is 12.2 Å². The monoisotopic (exact) mass is 340 g/mol. The van der Waals surface area contributed by atoms with E-state index in [4.69, 9.17) is 21.7 Å². The van der Waals surface area contributed by atoms with Gasteiger partial charge >= 0.3 is 0 Å². The molecule has 0 fully saturated rings. The SMILES string of the molecule is COc1ccc(/C=N\n2cn[nH]c2=S)cc1OCc1ccccc1. The molecule has 7 heteroatoms. The van der Waals surface area contributed by atoms with Gasteiger partial charge in [0.25, 0.3) is 0 Å². The van der Waals surface area contributed by atoms with Crippen LogP contribution in [0.3, 0.4) is 0 Å². The minimum Gasteiger partial charge on any atom is -0.493 e. The van der Waals surface area contributed by atoms with Crippen molar-refractivity contribution < 1.29 is 9.47 Å². The zero-order chi connectivity index (χ0) is 16.8. The Kier molecular flexibility index (Phi) is 5.02. The Hall–Kier alpha value is -2.93. The summed E-state index contributed by atoms with van der Waals surface area (Å²) in [7, 11) is 1.61. The van der Waals surface area contributed by atoms with Crippen LogP contribution in [0, 0.1) is 4.77 Å². The first-order chi connectivity index (χ1) is 11.8. The third kappa shape index (κ3) is 3.88. The van der Waals surface area contributed by atoms with Crippen molar-refractivity contribution in [3.63, 3.8) is 0 Å². The van der Waals surface area contributed by atoms with Crippen molar-refractivity contribution in [2.45, 2.75) is 6.61 Å². The third-order valence-corrected chi connectivity index (χ3v) is 3.57. The molecule has 122 valence electrons. The Morgan fingerprint density at radius 3 is 2.75 bits per heavy atom. The molecule has 1 heterocycles. The van der Waals surface area contributed by atoms with Crippen LogP contribution in [0.15, 0.2) is 60.0 Å². The van der Waals surface area contributed by atoms with Gasteiger partial charge in [0.15, 0.2) is 11.5 Å². The van der Waals surface area contributed by atoms with Crippen LogP contribution < -0.4 is 9.47 Å². The van der Waals surface area contributed by atoms with Crippen molar-refractivity contribution >= 4 is 18.4 Å². The molecule has 0 radical (unpaired) electrons. The summed E-state index contributed by atoms with van der Waals surface area (Å²) in [6.45, 7) is 0.463. The maximum Gasteiger partial charge on any atom is 0.216 e. The standard InChI is InChI=1S/C17H16N4O2S/c1-22-15-8-7-14(10-19-21-12-18-20-17(21)24)9-16(15)23-11-13-5-3-2-4-6-13/h2-10,12H,11H2,1H3,(H,20,24)/b19-10-. The lowest BCUT2D eigenvalue weighted by atomic mass is 10.2. The molecule has 3 aromatic rings. The van der Waals surface area contributed by atoms with Gasteiger partial charge in [0, 0.05) is 0 Å². The van der Waals surface area contributed by atoms with Gasteiger partial charge in [-0.1, -0.05) is 30.3 Å². The van der Waals surface area contributed by atoms with Crippen molar-refractivity contribution in [3.05, 3.63) is 70.8 Å². The first kappa shape index (κ1) is 15.9. The Bertz CT molecular complexity index is 887. The smallest absolute Gasteiger partial charge is 0.216 e. The molecule has 0 aliphatic carbocycles. The van der Waals surface area contributed by atoms with Crippen molar-refractivity contribution in [2.75, 3.05) is 7.11 Å². The lowest BCUT2D eigenvalue weighted by Crippen LogP contribution is -1.98. The van der Waals surface area contributed by atoms with Gasteiger partial charge in [0.05, 0.1) is 13.3 Å². The molecule has 1 aromatic heterocycles. The van der Waals surface area contributed by atoms with Gasteiger partial charge < -0.3 is 9.47 Å². The molecule has 0 amide bonds. The van der Waals surface area contributed by atoms with E-state index in [9.17, 15) is 0 Å². The summed E-state index contributed by atoms with van der Waals surface area (Å²) in [5.74, 6) is 1.32. The van der Waals surface area contributed by atoms with Gasteiger partial charge in [-0.05, 0) is 41.5 Å². The van der Waals surface area contributed by atoms with E-state index in [1.165, 1.54) is 11.0 Å². The summed E-state index contributed by atoms with van der Waals surface area (Å²) in [6.07, 6.45) is 3.19. The first-order valence-electron chi connectivity index (χ1n) is 7.27. The van der Waals surface area contributed by atoms with Crippen molar-refractivity contribution in [2.24, 2.45) is 5.10 Å². The van der Waals surface area contributed by atoms with E-state index in [1.807, 2.05) is 48.5 Å². The Morgan fingerprint density at radius 1 is 1.21 bits per heavy atom. The molecule has 0 aliphatic rings. The minimum absolute atomic E-state index is 0.431. The van der Waals surface area contributed by atoms with E-state index in [2.05, 4.69) is 15.3 Å². The summed E-state index contributed by atoms with van der Waals surface area (Å²) < 4.78 is 13.1. The lowest BCUT2D eigenvalue weighted by Gasteiger charge is -2.11. The number of H-pyrrole nitrogens is 1. The van der Waals surface area contributed by atoms with E-state index in [1.54, 1.807) is 13.3 Å². The molecule has 0 atom stereocenters. The molecule has 1 N–H and O–H groups in total. The average molecular weight is 340 g/mol. The summed E-state index contributed by atoms with van der Waals surface area (Å²) in [6, 6.07) is 15.6. The number of aromatic nitrogens is 3. The Labute approximate surface area is 144 Å². The van der Waals surface area contributed by atoms with E-state index in [0.717, 1.165) is 11.1 Å². The maximum absolute atomic E-state index is 5.88. The molecular formula is C17H16N4O2S. The number of nitrogens with one attached hydrogen (secondary N) is 1. The van der Waals surface area contributed by atoms with Gasteiger partial charge in [-0.15, -0.1) is 0 Å². The van der Waals surface area contributed by atoms with Crippen LogP contribution in [0.25, 0.3) is 0 Å². The molecule has 0 unspecified atom stereocenters. The second-order valence-corrected chi connectivity index (χ2v) is 5.32. The summed E-state index contributed by atoms with van der Waals surface area (Å²) in [5, 5.41) is 10.7. The largest absolute Gasteiger partial charge is 0.493 e. The van der Waals surface area contributed by atoms with Crippen molar-refractivity contribution in [3.8, 4) is 11.5 Å². The zero-order valence-electron chi connectivity index (χ0n) is 13.0. The molecule has 0 bridgehead atoms. The summed E-state index contributed by atoms with van der Waals surface area (Å²) >= 11 is 5.05. The second-order valence-electron chi connectivity index (χ2n) is 4.94. The van der Waals surface area contributed by atoms with Crippen LogP contribution in [0.5, 0.6) is 11.5 Å². The highest BCUT2D eigenvalue weighted by Crippen LogP contribution is 2.28. The van der Waals surface area contributed by atoms with Gasteiger partial charge in [0.2, 0.25) is 4.77 Å². The number of methoxy groups -OCH3 is 1. The van der Waals surface area contributed by atoms with E-state index >= 15 is 0 Å².